The molecule has 0 unspecified atom stereocenters. The molecule has 26 heavy (non-hydrogen) atoms. The van der Waals surface area contributed by atoms with Crippen LogP contribution in [0.1, 0.15) is 57.1 Å². The van der Waals surface area contributed by atoms with Gasteiger partial charge in [-0.05, 0) is 81.3 Å². The van der Waals surface area contributed by atoms with Gasteiger partial charge in [-0.15, -0.1) is 0 Å². The molecular weight excluding hydrogens is 328 g/mol. The highest BCUT2D eigenvalue weighted by molar-refractivity contribution is 5.91. The number of rotatable bonds is 4. The van der Waals surface area contributed by atoms with Crippen molar-refractivity contribution in [2.45, 2.75) is 64.0 Å². The Kier molecular flexibility index (Phi) is 3.87. The Morgan fingerprint density at radius 1 is 1.15 bits per heavy atom. The van der Waals surface area contributed by atoms with E-state index in [4.69, 9.17) is 4.42 Å². The molecule has 4 aliphatic carbocycles. The first-order valence-electron chi connectivity index (χ1n) is 10.2. The molecule has 0 aromatic carbocycles. The second kappa shape index (κ2) is 6.14. The Morgan fingerprint density at radius 3 is 2.46 bits per heavy atom. The molecule has 140 valence electrons. The number of nitrogens with zero attached hydrogens (tertiary/aromatic N) is 1. The van der Waals surface area contributed by atoms with Crippen LogP contribution in [0, 0.1) is 23.2 Å². The second-order valence-electron chi connectivity index (χ2n) is 9.15. The highest BCUT2D eigenvalue weighted by Crippen LogP contribution is 2.60. The maximum atomic E-state index is 13.6. The lowest BCUT2D eigenvalue weighted by atomic mass is 9.49. The van der Waals surface area contributed by atoms with Gasteiger partial charge in [-0.25, -0.2) is 0 Å². The Balaban J connectivity index is 1.29. The first-order chi connectivity index (χ1) is 12.6. The Morgan fingerprint density at radius 2 is 1.85 bits per heavy atom. The summed E-state index contributed by atoms with van der Waals surface area (Å²) in [6.45, 7) is 1.13. The van der Waals surface area contributed by atoms with E-state index in [1.807, 2.05) is 17.0 Å². The SMILES string of the molecule is O=C(NCc1ccco1)[C@H]1CCCN1C(=O)C12CC3CC(CC(C3)C1)C2. The molecular formula is C21H28N2O3. The quantitative estimate of drug-likeness (QED) is 0.902. The lowest BCUT2D eigenvalue weighted by molar-refractivity contribution is -0.160. The summed E-state index contributed by atoms with van der Waals surface area (Å²) in [5.41, 5.74) is -0.154. The van der Waals surface area contributed by atoms with Crippen molar-refractivity contribution >= 4 is 11.8 Å². The number of carbonyl (C=O) groups excluding carboxylic acids is 2. The van der Waals surface area contributed by atoms with Gasteiger partial charge in [0.2, 0.25) is 11.8 Å². The molecule has 5 aliphatic rings. The maximum Gasteiger partial charge on any atom is 0.243 e. The minimum atomic E-state index is -0.300. The van der Waals surface area contributed by atoms with E-state index in [1.165, 1.54) is 19.3 Å². The van der Waals surface area contributed by atoms with E-state index < -0.39 is 0 Å². The molecule has 0 spiro atoms. The van der Waals surface area contributed by atoms with E-state index in [-0.39, 0.29) is 23.3 Å². The molecule has 0 radical (unpaired) electrons. The average molecular weight is 356 g/mol. The van der Waals surface area contributed by atoms with Gasteiger partial charge in [0.1, 0.15) is 11.8 Å². The molecule has 1 aliphatic heterocycles. The molecule has 4 bridgehead atoms. The summed E-state index contributed by atoms with van der Waals surface area (Å²) in [7, 11) is 0. The maximum absolute atomic E-state index is 13.6. The first kappa shape index (κ1) is 16.4. The molecule has 1 saturated heterocycles. The van der Waals surface area contributed by atoms with Crippen molar-refractivity contribution in [1.29, 1.82) is 0 Å². The van der Waals surface area contributed by atoms with Gasteiger partial charge in [-0.3, -0.25) is 9.59 Å². The molecule has 5 nitrogen and oxygen atoms in total. The summed E-state index contributed by atoms with van der Waals surface area (Å²) >= 11 is 0. The average Bonchev–Trinajstić information content (AvgIpc) is 3.29. The zero-order chi connectivity index (χ0) is 17.7. The molecule has 2 heterocycles. The Bertz CT molecular complexity index is 661. The summed E-state index contributed by atoms with van der Waals surface area (Å²) in [5.74, 6) is 3.25. The number of hydrogen-bond acceptors (Lipinski definition) is 3. The largest absolute Gasteiger partial charge is 0.467 e. The van der Waals surface area contributed by atoms with Crippen LogP contribution in [0.5, 0.6) is 0 Å². The van der Waals surface area contributed by atoms with Crippen molar-refractivity contribution in [2.75, 3.05) is 6.54 Å². The molecule has 2 amide bonds. The Hall–Kier alpha value is -1.78. The summed E-state index contributed by atoms with van der Waals surface area (Å²) < 4.78 is 5.29. The predicted molar refractivity (Wildman–Crippen MR) is 95.9 cm³/mol. The fraction of sp³-hybridized carbons (Fsp3) is 0.714. The van der Waals surface area contributed by atoms with Crippen molar-refractivity contribution in [1.82, 2.24) is 10.2 Å². The number of amides is 2. The van der Waals surface area contributed by atoms with Gasteiger partial charge in [0, 0.05) is 6.54 Å². The normalized spacial score (nSPS) is 37.9. The number of carbonyl (C=O) groups is 2. The first-order valence-corrected chi connectivity index (χ1v) is 10.2. The van der Waals surface area contributed by atoms with Crippen LogP contribution < -0.4 is 5.32 Å². The van der Waals surface area contributed by atoms with Crippen LogP contribution in [0.2, 0.25) is 0 Å². The van der Waals surface area contributed by atoms with Crippen LogP contribution in [0.25, 0.3) is 0 Å². The minimum Gasteiger partial charge on any atom is -0.467 e. The third-order valence-corrected chi connectivity index (χ3v) is 7.33. The van der Waals surface area contributed by atoms with E-state index in [0.29, 0.717) is 6.54 Å². The predicted octanol–water partition coefficient (Wildman–Crippen LogP) is 3.10. The molecule has 1 aromatic rings. The molecule has 4 saturated carbocycles. The van der Waals surface area contributed by atoms with Crippen LogP contribution in [-0.4, -0.2) is 29.3 Å². The van der Waals surface area contributed by atoms with Crippen LogP contribution in [0.4, 0.5) is 0 Å². The van der Waals surface area contributed by atoms with Crippen molar-refractivity contribution in [3.05, 3.63) is 24.2 Å². The number of nitrogens with one attached hydrogen (secondary N) is 1. The number of furan rings is 1. The van der Waals surface area contributed by atoms with E-state index >= 15 is 0 Å². The number of likely N-dealkylation sites (tertiary alicyclic amines) is 1. The van der Waals surface area contributed by atoms with Gasteiger partial charge < -0.3 is 14.6 Å². The Labute approximate surface area is 154 Å². The minimum absolute atomic E-state index is 0.0306. The fourth-order valence-corrected chi connectivity index (χ4v) is 6.66. The van der Waals surface area contributed by atoms with Gasteiger partial charge in [0.25, 0.3) is 0 Å². The second-order valence-corrected chi connectivity index (χ2v) is 9.15. The van der Waals surface area contributed by atoms with Gasteiger partial charge in [0.05, 0.1) is 18.2 Å². The standard InChI is InChI=1S/C21H28N2O3/c24-19(22-13-17-3-2-6-26-17)18-4-1-5-23(18)20(25)21-10-14-7-15(11-21)9-16(8-14)12-21/h2-3,6,14-16,18H,1,4-5,7-13H2,(H,22,24)/t14?,15?,16?,18-,21?/m1/s1. The smallest absolute Gasteiger partial charge is 0.243 e. The zero-order valence-corrected chi connectivity index (χ0v) is 15.3. The number of hydrogen-bond donors (Lipinski definition) is 1. The highest BCUT2D eigenvalue weighted by Gasteiger charge is 2.56. The lowest BCUT2D eigenvalue weighted by Gasteiger charge is -2.56. The summed E-state index contributed by atoms with van der Waals surface area (Å²) in [4.78, 5) is 28.2. The third-order valence-electron chi connectivity index (χ3n) is 7.33. The van der Waals surface area contributed by atoms with Crippen molar-refractivity contribution in [3.63, 3.8) is 0 Å². The molecule has 1 aromatic heterocycles. The summed E-state index contributed by atoms with van der Waals surface area (Å²) in [6.07, 6.45) is 10.5. The topological polar surface area (TPSA) is 62.6 Å². The molecule has 1 atom stereocenters. The van der Waals surface area contributed by atoms with Crippen molar-refractivity contribution in [3.8, 4) is 0 Å². The fourth-order valence-electron chi connectivity index (χ4n) is 6.66. The molecule has 1 N–H and O–H groups in total. The highest BCUT2D eigenvalue weighted by atomic mass is 16.3. The third kappa shape index (κ3) is 2.67. The van der Waals surface area contributed by atoms with Gasteiger partial charge >= 0.3 is 0 Å². The van der Waals surface area contributed by atoms with Crippen molar-refractivity contribution < 1.29 is 14.0 Å². The molecule has 6 rings (SSSR count). The monoisotopic (exact) mass is 356 g/mol. The summed E-state index contributed by atoms with van der Waals surface area (Å²) in [6, 6.07) is 3.37. The molecule has 5 heteroatoms. The van der Waals surface area contributed by atoms with Crippen LogP contribution in [0.15, 0.2) is 22.8 Å². The zero-order valence-electron chi connectivity index (χ0n) is 15.3. The van der Waals surface area contributed by atoms with E-state index in [1.54, 1.807) is 6.26 Å². The van der Waals surface area contributed by atoms with E-state index in [2.05, 4.69) is 5.32 Å². The molecule has 5 fully saturated rings. The lowest BCUT2D eigenvalue weighted by Crippen LogP contribution is -2.57. The van der Waals surface area contributed by atoms with Gasteiger partial charge in [0.15, 0.2) is 0 Å². The van der Waals surface area contributed by atoms with E-state index in [9.17, 15) is 9.59 Å². The van der Waals surface area contributed by atoms with Crippen molar-refractivity contribution in [2.24, 2.45) is 23.2 Å². The van der Waals surface area contributed by atoms with Crippen LogP contribution in [0.3, 0.4) is 0 Å². The van der Waals surface area contributed by atoms with Crippen LogP contribution >= 0.6 is 0 Å². The summed E-state index contributed by atoms with van der Waals surface area (Å²) in [5, 5.41) is 2.96. The van der Waals surface area contributed by atoms with Gasteiger partial charge in [-0.1, -0.05) is 0 Å². The van der Waals surface area contributed by atoms with E-state index in [0.717, 1.165) is 62.2 Å². The van der Waals surface area contributed by atoms with Crippen LogP contribution in [-0.2, 0) is 16.1 Å². The van der Waals surface area contributed by atoms with Gasteiger partial charge in [-0.2, -0.15) is 0 Å².